The summed E-state index contributed by atoms with van der Waals surface area (Å²) in [5, 5.41) is 3.95. The van der Waals surface area contributed by atoms with Crippen LogP contribution < -0.4 is 0 Å². The summed E-state index contributed by atoms with van der Waals surface area (Å²) < 4.78 is 5.30. The molecule has 0 bridgehead atoms. The first-order chi connectivity index (χ1) is 14.6. The van der Waals surface area contributed by atoms with Crippen molar-refractivity contribution >= 4 is 11.8 Å². The first kappa shape index (κ1) is 23.0. The predicted molar refractivity (Wildman–Crippen MR) is 119 cm³/mol. The van der Waals surface area contributed by atoms with Crippen LogP contribution in [-0.4, -0.2) is 57.4 Å². The molecule has 1 aromatic carbocycles. The number of carbonyl (C=O) groups is 2. The number of rotatable bonds is 6. The van der Waals surface area contributed by atoms with E-state index >= 15 is 0 Å². The summed E-state index contributed by atoms with van der Waals surface area (Å²) in [5.41, 5.74) is 1.04. The van der Waals surface area contributed by atoms with Crippen LogP contribution in [0.2, 0.25) is 0 Å². The number of nitrogens with zero attached hydrogens (tertiary/aromatic N) is 4. The van der Waals surface area contributed by atoms with Crippen LogP contribution in [0.25, 0.3) is 11.5 Å². The number of carbonyl (C=O) groups excluding carboxylic acids is 2. The van der Waals surface area contributed by atoms with Gasteiger partial charge in [0.2, 0.25) is 11.8 Å². The van der Waals surface area contributed by atoms with E-state index in [1.165, 1.54) is 0 Å². The van der Waals surface area contributed by atoms with Crippen molar-refractivity contribution in [3.05, 3.63) is 36.2 Å². The summed E-state index contributed by atoms with van der Waals surface area (Å²) in [5.74, 6) is 1.28. The van der Waals surface area contributed by atoms with Gasteiger partial charge >= 0.3 is 0 Å². The molecule has 7 nitrogen and oxygen atoms in total. The fourth-order valence-electron chi connectivity index (χ4n) is 4.36. The van der Waals surface area contributed by atoms with Gasteiger partial charge in [-0.1, -0.05) is 51.1 Å². The Labute approximate surface area is 184 Å². The molecular weight excluding hydrogens is 392 g/mol. The van der Waals surface area contributed by atoms with E-state index in [2.05, 4.69) is 37.8 Å². The smallest absolute Gasteiger partial charge is 0.257 e. The van der Waals surface area contributed by atoms with E-state index < -0.39 is 0 Å². The Morgan fingerprint density at radius 3 is 2.52 bits per heavy atom. The molecule has 0 spiro atoms. The maximum absolute atomic E-state index is 12.8. The van der Waals surface area contributed by atoms with Crippen molar-refractivity contribution in [2.75, 3.05) is 19.6 Å². The fraction of sp³-hybridized carbons (Fsp3) is 0.583. The van der Waals surface area contributed by atoms with E-state index in [1.807, 2.05) is 42.2 Å². The van der Waals surface area contributed by atoms with Crippen LogP contribution in [0.5, 0.6) is 0 Å². The molecule has 0 aliphatic carbocycles. The molecule has 168 valence electrons. The lowest BCUT2D eigenvalue weighted by molar-refractivity contribution is -0.142. The first-order valence-corrected chi connectivity index (χ1v) is 11.1. The molecule has 1 aromatic heterocycles. The highest BCUT2D eigenvalue weighted by Gasteiger charge is 2.31. The van der Waals surface area contributed by atoms with E-state index in [0.717, 1.165) is 12.0 Å². The number of hydrogen-bond acceptors (Lipinski definition) is 5. The molecule has 2 amide bonds. The second kappa shape index (κ2) is 9.62. The van der Waals surface area contributed by atoms with Gasteiger partial charge in [0.1, 0.15) is 0 Å². The molecule has 1 aliphatic rings. The monoisotopic (exact) mass is 426 g/mol. The lowest BCUT2D eigenvalue weighted by Crippen LogP contribution is -2.55. The van der Waals surface area contributed by atoms with Gasteiger partial charge in [-0.3, -0.25) is 9.59 Å². The van der Waals surface area contributed by atoms with Gasteiger partial charge in [-0.2, -0.15) is 4.98 Å². The molecule has 1 saturated heterocycles. The molecule has 0 unspecified atom stereocenters. The van der Waals surface area contributed by atoms with Crippen LogP contribution in [-0.2, 0) is 16.0 Å². The number of piperazine rings is 1. The second-order valence-electron chi connectivity index (χ2n) is 9.91. The molecule has 0 saturated carbocycles. The van der Waals surface area contributed by atoms with Gasteiger partial charge in [-0.05, 0) is 36.8 Å². The van der Waals surface area contributed by atoms with Crippen molar-refractivity contribution in [3.63, 3.8) is 0 Å². The summed E-state index contributed by atoms with van der Waals surface area (Å²) in [4.78, 5) is 33.6. The van der Waals surface area contributed by atoms with Gasteiger partial charge in [0.05, 0.1) is 6.42 Å². The van der Waals surface area contributed by atoms with Crippen LogP contribution in [0.1, 0.15) is 53.3 Å². The highest BCUT2D eigenvalue weighted by Crippen LogP contribution is 2.27. The molecule has 2 aromatic rings. The van der Waals surface area contributed by atoms with E-state index in [9.17, 15) is 9.59 Å². The zero-order valence-corrected chi connectivity index (χ0v) is 19.3. The minimum atomic E-state index is -0.0412. The third kappa shape index (κ3) is 6.39. The Kier molecular flexibility index (Phi) is 7.13. The van der Waals surface area contributed by atoms with Crippen molar-refractivity contribution in [2.24, 2.45) is 11.3 Å². The lowest BCUT2D eigenvalue weighted by Gasteiger charge is -2.40. The summed E-state index contributed by atoms with van der Waals surface area (Å²) in [7, 11) is 0. The normalized spacial score (nSPS) is 18.2. The Morgan fingerprint density at radius 1 is 1.16 bits per heavy atom. The van der Waals surface area contributed by atoms with Gasteiger partial charge in [0, 0.05) is 37.7 Å². The average molecular weight is 427 g/mol. The summed E-state index contributed by atoms with van der Waals surface area (Å²) in [6, 6.07) is 9.49. The van der Waals surface area contributed by atoms with Crippen LogP contribution in [0.15, 0.2) is 34.9 Å². The fourth-order valence-corrected chi connectivity index (χ4v) is 4.36. The number of benzene rings is 1. The third-order valence-electron chi connectivity index (χ3n) is 5.58. The third-order valence-corrected chi connectivity index (χ3v) is 5.58. The molecule has 0 N–H and O–H groups in total. The van der Waals surface area contributed by atoms with Crippen molar-refractivity contribution in [2.45, 2.75) is 59.9 Å². The van der Waals surface area contributed by atoms with Crippen LogP contribution in [0, 0.1) is 11.3 Å². The van der Waals surface area contributed by atoms with Crippen LogP contribution in [0.3, 0.4) is 0 Å². The van der Waals surface area contributed by atoms with Gasteiger partial charge in [-0.25, -0.2) is 0 Å². The maximum atomic E-state index is 12.8. The molecule has 1 fully saturated rings. The van der Waals surface area contributed by atoms with Crippen molar-refractivity contribution in [3.8, 4) is 11.5 Å². The maximum Gasteiger partial charge on any atom is 0.257 e. The van der Waals surface area contributed by atoms with Crippen LogP contribution >= 0.6 is 0 Å². The Bertz CT molecular complexity index is 888. The number of hydrogen-bond donors (Lipinski definition) is 0. The number of aromatic nitrogens is 2. The second-order valence-corrected chi connectivity index (χ2v) is 9.91. The highest BCUT2D eigenvalue weighted by molar-refractivity contribution is 5.80. The standard InChI is InChI=1S/C24H34N4O3/c1-17(15-24(3,4)5)13-22(30)28-12-11-27(16-18(28)2)21(29)14-20-25-23(31-26-20)19-9-7-6-8-10-19/h6-10,17-18H,11-16H2,1-5H3/t17-,18+/m0/s1. The topological polar surface area (TPSA) is 79.5 Å². The predicted octanol–water partition coefficient (Wildman–Crippen LogP) is 3.80. The summed E-state index contributed by atoms with van der Waals surface area (Å²) >= 11 is 0. The Balaban J connectivity index is 1.52. The van der Waals surface area contributed by atoms with Gasteiger partial charge in [0.15, 0.2) is 5.82 Å². The van der Waals surface area contributed by atoms with Crippen molar-refractivity contribution in [1.29, 1.82) is 0 Å². The quantitative estimate of drug-likeness (QED) is 0.702. The van der Waals surface area contributed by atoms with Gasteiger partial charge < -0.3 is 14.3 Å². The summed E-state index contributed by atoms with van der Waals surface area (Å²) in [6.07, 6.45) is 1.67. The van der Waals surface area contributed by atoms with E-state index in [0.29, 0.717) is 43.7 Å². The van der Waals surface area contributed by atoms with E-state index in [1.54, 1.807) is 4.90 Å². The number of amides is 2. The van der Waals surface area contributed by atoms with E-state index in [4.69, 9.17) is 4.52 Å². The lowest BCUT2D eigenvalue weighted by atomic mass is 9.84. The highest BCUT2D eigenvalue weighted by atomic mass is 16.5. The average Bonchev–Trinajstić information content (AvgIpc) is 3.15. The first-order valence-electron chi connectivity index (χ1n) is 11.1. The summed E-state index contributed by atoms with van der Waals surface area (Å²) in [6.45, 7) is 12.4. The molecule has 0 radical (unpaired) electrons. The largest absolute Gasteiger partial charge is 0.338 e. The van der Waals surface area contributed by atoms with Gasteiger partial charge in [-0.15, -0.1) is 0 Å². The molecule has 31 heavy (non-hydrogen) atoms. The molecule has 7 heteroatoms. The molecular formula is C24H34N4O3. The van der Waals surface area contributed by atoms with Crippen LogP contribution in [0.4, 0.5) is 0 Å². The SMILES string of the molecule is C[C@@H](CC(=O)N1CCN(C(=O)Cc2noc(-c3ccccc3)n2)C[C@H]1C)CC(C)(C)C. The molecule has 2 atom stereocenters. The van der Waals surface area contributed by atoms with Crippen molar-refractivity contribution in [1.82, 2.24) is 19.9 Å². The van der Waals surface area contributed by atoms with Crippen molar-refractivity contribution < 1.29 is 14.1 Å². The minimum absolute atomic E-state index is 0.00261. The molecule has 2 heterocycles. The zero-order valence-electron chi connectivity index (χ0n) is 19.3. The molecule has 3 rings (SSSR count). The molecule has 1 aliphatic heterocycles. The Hall–Kier alpha value is -2.70. The minimum Gasteiger partial charge on any atom is -0.338 e. The Morgan fingerprint density at radius 2 is 1.87 bits per heavy atom. The van der Waals surface area contributed by atoms with Gasteiger partial charge in [0.25, 0.3) is 5.89 Å². The van der Waals surface area contributed by atoms with E-state index in [-0.39, 0.29) is 29.7 Å². The zero-order chi connectivity index (χ0) is 22.6.